The van der Waals surface area contributed by atoms with Crippen LogP contribution < -0.4 is 5.73 Å². The van der Waals surface area contributed by atoms with Gasteiger partial charge in [0.1, 0.15) is 0 Å². The topological polar surface area (TPSA) is 49.5 Å². The zero-order chi connectivity index (χ0) is 11.1. The number of rotatable bonds is 5. The van der Waals surface area contributed by atoms with Gasteiger partial charge in [-0.1, -0.05) is 25.7 Å². The second-order valence-corrected chi connectivity index (χ2v) is 4.84. The maximum absolute atomic E-state index is 8.87. The Balaban J connectivity index is 2.55. The van der Waals surface area contributed by atoms with Gasteiger partial charge in [0, 0.05) is 25.2 Å². The van der Waals surface area contributed by atoms with Gasteiger partial charge >= 0.3 is 0 Å². The summed E-state index contributed by atoms with van der Waals surface area (Å²) in [5.41, 5.74) is 6.19. The lowest BCUT2D eigenvalue weighted by atomic mass is 9.88. The van der Waals surface area contributed by atoms with Crippen LogP contribution >= 0.6 is 0 Å². The molecule has 0 aromatic heterocycles. The summed E-state index contributed by atoms with van der Waals surface area (Å²) in [5.74, 6) is 0. The SMILES string of the molecule is CN(CCCO)C1(CN)CCCCCC1. The van der Waals surface area contributed by atoms with Gasteiger partial charge in [-0.25, -0.2) is 0 Å². The Kier molecular flexibility index (Phi) is 5.58. The first-order chi connectivity index (χ1) is 7.25. The van der Waals surface area contributed by atoms with Crippen molar-refractivity contribution in [3.05, 3.63) is 0 Å². The van der Waals surface area contributed by atoms with Gasteiger partial charge in [0.15, 0.2) is 0 Å². The molecule has 0 heterocycles. The largest absolute Gasteiger partial charge is 0.396 e. The van der Waals surface area contributed by atoms with E-state index in [1.807, 2.05) is 0 Å². The Hall–Kier alpha value is -0.120. The standard InChI is InChI=1S/C12H26N2O/c1-14(9-6-10-15)12(11-13)7-4-2-3-5-8-12/h15H,2-11,13H2,1H3. The molecule has 0 aliphatic heterocycles. The summed E-state index contributed by atoms with van der Waals surface area (Å²) in [6, 6.07) is 0. The van der Waals surface area contributed by atoms with Gasteiger partial charge in [0.25, 0.3) is 0 Å². The summed E-state index contributed by atoms with van der Waals surface area (Å²) < 4.78 is 0. The molecular weight excluding hydrogens is 188 g/mol. The second-order valence-electron chi connectivity index (χ2n) is 4.84. The van der Waals surface area contributed by atoms with Crippen LogP contribution in [0.2, 0.25) is 0 Å². The monoisotopic (exact) mass is 214 g/mol. The van der Waals surface area contributed by atoms with Gasteiger partial charge in [-0.15, -0.1) is 0 Å². The lowest BCUT2D eigenvalue weighted by Crippen LogP contribution is -2.52. The van der Waals surface area contributed by atoms with Crippen LogP contribution in [0.3, 0.4) is 0 Å². The fourth-order valence-electron chi connectivity index (χ4n) is 2.67. The number of likely N-dealkylation sites (N-methyl/N-ethyl adjacent to an activating group) is 1. The summed E-state index contributed by atoms with van der Waals surface area (Å²) in [6.07, 6.45) is 8.64. The molecule has 90 valence electrons. The second kappa shape index (κ2) is 6.46. The highest BCUT2D eigenvalue weighted by molar-refractivity contribution is 4.91. The highest BCUT2D eigenvalue weighted by Crippen LogP contribution is 2.30. The number of aliphatic hydroxyl groups is 1. The van der Waals surface area contributed by atoms with E-state index in [-0.39, 0.29) is 12.1 Å². The lowest BCUT2D eigenvalue weighted by molar-refractivity contribution is 0.0986. The minimum atomic E-state index is 0.214. The van der Waals surface area contributed by atoms with Crippen LogP contribution in [-0.4, -0.2) is 42.3 Å². The van der Waals surface area contributed by atoms with Crippen molar-refractivity contribution in [3.63, 3.8) is 0 Å². The van der Waals surface area contributed by atoms with E-state index >= 15 is 0 Å². The summed E-state index contributed by atoms with van der Waals surface area (Å²) in [6.45, 7) is 2.01. The molecule has 0 radical (unpaired) electrons. The Bertz CT molecular complexity index is 165. The molecule has 0 amide bonds. The minimum Gasteiger partial charge on any atom is -0.396 e. The zero-order valence-electron chi connectivity index (χ0n) is 10.0. The van der Waals surface area contributed by atoms with E-state index < -0.39 is 0 Å². The summed E-state index contributed by atoms with van der Waals surface area (Å²) in [4.78, 5) is 2.38. The molecular formula is C12H26N2O. The number of hydrogen-bond acceptors (Lipinski definition) is 3. The Labute approximate surface area is 93.6 Å². The highest BCUT2D eigenvalue weighted by Gasteiger charge is 2.32. The molecule has 1 rings (SSSR count). The van der Waals surface area contributed by atoms with E-state index in [0.29, 0.717) is 0 Å². The van der Waals surface area contributed by atoms with E-state index in [1.165, 1.54) is 38.5 Å². The molecule has 0 atom stereocenters. The zero-order valence-corrected chi connectivity index (χ0v) is 10.0. The summed E-state index contributed by atoms with van der Waals surface area (Å²) >= 11 is 0. The van der Waals surface area contributed by atoms with Crippen molar-refractivity contribution in [2.24, 2.45) is 5.73 Å². The van der Waals surface area contributed by atoms with Gasteiger partial charge in [0.2, 0.25) is 0 Å². The third kappa shape index (κ3) is 3.44. The van der Waals surface area contributed by atoms with Crippen LogP contribution in [0.4, 0.5) is 0 Å². The molecule has 0 aromatic carbocycles. The molecule has 1 aliphatic carbocycles. The highest BCUT2D eigenvalue weighted by atomic mass is 16.3. The lowest BCUT2D eigenvalue weighted by Gasteiger charge is -2.41. The normalized spacial score (nSPS) is 21.6. The molecule has 1 saturated carbocycles. The first-order valence-electron chi connectivity index (χ1n) is 6.27. The predicted octanol–water partition coefficient (Wildman–Crippen LogP) is 1.35. The fourth-order valence-corrected chi connectivity index (χ4v) is 2.67. The van der Waals surface area contributed by atoms with Crippen LogP contribution in [0.5, 0.6) is 0 Å². The van der Waals surface area contributed by atoms with Gasteiger partial charge in [-0.05, 0) is 26.3 Å². The Morgan fingerprint density at radius 1 is 1.20 bits per heavy atom. The molecule has 0 unspecified atom stereocenters. The van der Waals surface area contributed by atoms with Gasteiger partial charge in [-0.2, -0.15) is 0 Å². The van der Waals surface area contributed by atoms with Gasteiger partial charge in [0.05, 0.1) is 0 Å². The molecule has 1 aliphatic rings. The van der Waals surface area contributed by atoms with Crippen molar-refractivity contribution < 1.29 is 5.11 Å². The number of nitrogens with two attached hydrogens (primary N) is 1. The predicted molar refractivity (Wildman–Crippen MR) is 63.8 cm³/mol. The van der Waals surface area contributed by atoms with Crippen molar-refractivity contribution in [2.45, 2.75) is 50.5 Å². The molecule has 3 heteroatoms. The number of nitrogens with zero attached hydrogens (tertiary/aromatic N) is 1. The van der Waals surface area contributed by atoms with E-state index in [0.717, 1.165) is 19.5 Å². The van der Waals surface area contributed by atoms with Crippen LogP contribution in [0.15, 0.2) is 0 Å². The third-order valence-corrected chi connectivity index (χ3v) is 3.88. The van der Waals surface area contributed by atoms with E-state index in [2.05, 4.69) is 11.9 Å². The van der Waals surface area contributed by atoms with Gasteiger partial charge in [-0.3, -0.25) is 4.90 Å². The average Bonchev–Trinajstić information content (AvgIpc) is 2.52. The Morgan fingerprint density at radius 3 is 2.27 bits per heavy atom. The first kappa shape index (κ1) is 12.9. The molecule has 15 heavy (non-hydrogen) atoms. The molecule has 0 saturated heterocycles. The summed E-state index contributed by atoms with van der Waals surface area (Å²) in [5, 5.41) is 8.87. The van der Waals surface area contributed by atoms with Crippen molar-refractivity contribution in [1.29, 1.82) is 0 Å². The van der Waals surface area contributed by atoms with Crippen molar-refractivity contribution in [3.8, 4) is 0 Å². The maximum atomic E-state index is 8.87. The van der Waals surface area contributed by atoms with E-state index in [1.54, 1.807) is 0 Å². The Morgan fingerprint density at radius 2 is 1.80 bits per heavy atom. The first-order valence-corrected chi connectivity index (χ1v) is 6.27. The quantitative estimate of drug-likeness (QED) is 0.679. The average molecular weight is 214 g/mol. The van der Waals surface area contributed by atoms with Crippen LogP contribution in [-0.2, 0) is 0 Å². The molecule has 0 bridgehead atoms. The van der Waals surface area contributed by atoms with Crippen LogP contribution in [0, 0.1) is 0 Å². The van der Waals surface area contributed by atoms with Crippen LogP contribution in [0.1, 0.15) is 44.9 Å². The van der Waals surface area contributed by atoms with Crippen molar-refractivity contribution in [2.75, 3.05) is 26.7 Å². The van der Waals surface area contributed by atoms with Crippen molar-refractivity contribution >= 4 is 0 Å². The number of aliphatic hydroxyl groups excluding tert-OH is 1. The molecule has 0 aromatic rings. The molecule has 0 spiro atoms. The van der Waals surface area contributed by atoms with E-state index in [4.69, 9.17) is 10.8 Å². The van der Waals surface area contributed by atoms with Crippen molar-refractivity contribution in [1.82, 2.24) is 4.90 Å². The maximum Gasteiger partial charge on any atom is 0.0443 e. The smallest absolute Gasteiger partial charge is 0.0443 e. The molecule has 1 fully saturated rings. The minimum absolute atomic E-state index is 0.214. The number of hydrogen-bond donors (Lipinski definition) is 2. The third-order valence-electron chi connectivity index (χ3n) is 3.88. The van der Waals surface area contributed by atoms with Crippen LogP contribution in [0.25, 0.3) is 0 Å². The molecule has 3 nitrogen and oxygen atoms in total. The fraction of sp³-hybridized carbons (Fsp3) is 1.00. The van der Waals surface area contributed by atoms with Gasteiger partial charge < -0.3 is 10.8 Å². The molecule has 3 N–H and O–H groups in total. The van der Waals surface area contributed by atoms with E-state index in [9.17, 15) is 0 Å². The summed E-state index contributed by atoms with van der Waals surface area (Å²) in [7, 11) is 2.16.